The first-order valence-corrected chi connectivity index (χ1v) is 14.0. The monoisotopic (exact) mass is 525 g/mol. The fraction of sp³-hybridized carbons (Fsp3) is 0.357. The highest BCUT2D eigenvalue weighted by Gasteiger charge is 2.27. The van der Waals surface area contributed by atoms with E-state index in [0.717, 1.165) is 38.2 Å². The zero-order valence-electron chi connectivity index (χ0n) is 20.7. The Bertz CT molecular complexity index is 1460. The molecule has 1 aliphatic carbocycles. The lowest BCUT2D eigenvalue weighted by molar-refractivity contribution is 0.0696. The van der Waals surface area contributed by atoms with Gasteiger partial charge in [-0.25, -0.2) is 18.0 Å². The van der Waals surface area contributed by atoms with Crippen molar-refractivity contribution in [2.45, 2.75) is 69.1 Å². The molecular weight excluding hydrogens is 494 g/mol. The van der Waals surface area contributed by atoms with Gasteiger partial charge in [0.2, 0.25) is 0 Å². The number of hydrogen-bond acceptors (Lipinski definition) is 6. The van der Waals surface area contributed by atoms with Gasteiger partial charge in [0, 0.05) is 23.6 Å². The lowest BCUT2D eigenvalue weighted by Crippen LogP contribution is -2.18. The predicted molar refractivity (Wildman–Crippen MR) is 140 cm³/mol. The maximum absolute atomic E-state index is 13.1. The van der Waals surface area contributed by atoms with Gasteiger partial charge in [0.1, 0.15) is 11.5 Å². The van der Waals surface area contributed by atoms with Gasteiger partial charge in [-0.2, -0.15) is 0 Å². The second-order valence-electron chi connectivity index (χ2n) is 9.37. The molecule has 0 fully saturated rings. The Balaban J connectivity index is 1.71. The van der Waals surface area contributed by atoms with Crippen LogP contribution >= 0.6 is 0 Å². The quantitative estimate of drug-likeness (QED) is 0.357. The molecule has 0 amide bonds. The Morgan fingerprint density at radius 3 is 2.51 bits per heavy atom. The standard InChI is InChI=1S/C28H31NO7S/c1-2-9-22(25-26(30)23-14-5-3-4-6-15-24(23)36-28(25)33)18-10-7-12-20(16-18)29-37(34,35)21-13-8-11-19(17-21)27(31)32/h7-8,10-13,16-17,22,29-30H,2-6,9,14-15H2,1H3,(H,31,32). The number of carbonyl (C=O) groups is 1. The van der Waals surface area contributed by atoms with Crippen LogP contribution in [0.1, 0.15) is 84.2 Å². The van der Waals surface area contributed by atoms with Crippen molar-refractivity contribution in [3.63, 3.8) is 0 Å². The van der Waals surface area contributed by atoms with Crippen molar-refractivity contribution < 1.29 is 27.8 Å². The van der Waals surface area contributed by atoms with Crippen LogP contribution in [-0.4, -0.2) is 24.6 Å². The van der Waals surface area contributed by atoms with Crippen molar-refractivity contribution in [3.8, 4) is 5.75 Å². The summed E-state index contributed by atoms with van der Waals surface area (Å²) in [6.07, 6.45) is 6.48. The van der Waals surface area contributed by atoms with Gasteiger partial charge < -0.3 is 14.6 Å². The molecular formula is C28H31NO7S. The van der Waals surface area contributed by atoms with Gasteiger partial charge in [0.25, 0.3) is 10.0 Å². The number of nitrogens with one attached hydrogen (secondary N) is 1. The summed E-state index contributed by atoms with van der Waals surface area (Å²) in [5, 5.41) is 20.4. The molecule has 1 aliphatic rings. The number of rotatable bonds is 8. The van der Waals surface area contributed by atoms with Gasteiger partial charge >= 0.3 is 11.6 Å². The third kappa shape index (κ3) is 5.88. The number of anilines is 1. The normalized spacial score (nSPS) is 14.7. The Kier molecular flexibility index (Phi) is 8.02. The Morgan fingerprint density at radius 2 is 1.78 bits per heavy atom. The first kappa shape index (κ1) is 26.5. The van der Waals surface area contributed by atoms with Crippen molar-refractivity contribution in [3.05, 3.63) is 87.0 Å². The van der Waals surface area contributed by atoms with Gasteiger partial charge in [-0.05, 0) is 61.6 Å². The van der Waals surface area contributed by atoms with E-state index in [1.54, 1.807) is 24.3 Å². The van der Waals surface area contributed by atoms with Crippen LogP contribution in [-0.2, 0) is 22.9 Å². The maximum atomic E-state index is 13.1. The van der Waals surface area contributed by atoms with Crippen molar-refractivity contribution in [1.82, 2.24) is 0 Å². The molecule has 1 aromatic heterocycles. The van der Waals surface area contributed by atoms with Crippen LogP contribution in [0.25, 0.3) is 0 Å². The molecule has 9 heteroatoms. The van der Waals surface area contributed by atoms with Crippen molar-refractivity contribution in [1.29, 1.82) is 0 Å². The molecule has 0 saturated carbocycles. The lowest BCUT2D eigenvalue weighted by atomic mass is 9.85. The molecule has 1 heterocycles. The van der Waals surface area contributed by atoms with Crippen LogP contribution in [0.2, 0.25) is 0 Å². The van der Waals surface area contributed by atoms with Crippen molar-refractivity contribution in [2.24, 2.45) is 0 Å². The lowest BCUT2D eigenvalue weighted by Gasteiger charge is -2.21. The first-order valence-electron chi connectivity index (χ1n) is 12.5. The van der Waals surface area contributed by atoms with E-state index in [0.29, 0.717) is 36.1 Å². The molecule has 0 radical (unpaired) electrons. The number of carboxylic acids is 1. The van der Waals surface area contributed by atoms with E-state index in [4.69, 9.17) is 4.42 Å². The zero-order chi connectivity index (χ0) is 26.6. The molecule has 8 nitrogen and oxygen atoms in total. The summed E-state index contributed by atoms with van der Waals surface area (Å²) in [6.45, 7) is 1.97. The minimum atomic E-state index is -4.07. The van der Waals surface area contributed by atoms with Crippen LogP contribution in [0.15, 0.2) is 62.6 Å². The smallest absolute Gasteiger partial charge is 0.343 e. The third-order valence-corrected chi connectivity index (χ3v) is 8.13. The molecule has 1 atom stereocenters. The average molecular weight is 526 g/mol. The fourth-order valence-corrected chi connectivity index (χ4v) is 6.02. The summed E-state index contributed by atoms with van der Waals surface area (Å²) in [5.74, 6) is -1.16. The van der Waals surface area contributed by atoms with Crippen LogP contribution < -0.4 is 10.3 Å². The Morgan fingerprint density at radius 1 is 1.05 bits per heavy atom. The molecule has 0 bridgehead atoms. The largest absolute Gasteiger partial charge is 0.507 e. The van der Waals surface area contributed by atoms with E-state index >= 15 is 0 Å². The van der Waals surface area contributed by atoms with E-state index in [9.17, 15) is 28.2 Å². The molecule has 0 aliphatic heterocycles. The van der Waals surface area contributed by atoms with E-state index < -0.39 is 27.5 Å². The summed E-state index contributed by atoms with van der Waals surface area (Å²) in [4.78, 5) is 24.2. The number of benzene rings is 2. The number of carboxylic acid groups (broad SMARTS) is 1. The van der Waals surface area contributed by atoms with Gasteiger partial charge in [-0.15, -0.1) is 0 Å². The number of fused-ring (bicyclic) bond motifs is 1. The summed E-state index contributed by atoms with van der Waals surface area (Å²) in [6, 6.07) is 11.8. The number of sulfonamides is 1. The van der Waals surface area contributed by atoms with Crippen molar-refractivity contribution in [2.75, 3.05) is 4.72 Å². The Labute approximate surface area is 216 Å². The molecule has 4 rings (SSSR count). The second-order valence-corrected chi connectivity index (χ2v) is 11.1. The van der Waals surface area contributed by atoms with E-state index in [2.05, 4.69) is 4.72 Å². The van der Waals surface area contributed by atoms with Gasteiger partial charge in [-0.1, -0.05) is 44.4 Å². The SMILES string of the molecule is CCCC(c1cccc(NS(=O)(=O)c2cccc(C(=O)O)c2)c1)c1c(O)c2c(oc1=O)CCCCCC2. The second kappa shape index (κ2) is 11.2. The van der Waals surface area contributed by atoms with Crippen LogP contribution in [0.3, 0.4) is 0 Å². The summed E-state index contributed by atoms with van der Waals surface area (Å²) < 4.78 is 34.2. The molecule has 1 unspecified atom stereocenters. The van der Waals surface area contributed by atoms with Crippen LogP contribution in [0.5, 0.6) is 5.75 Å². The number of aromatic hydroxyl groups is 1. The number of aryl methyl sites for hydroxylation is 1. The molecule has 0 saturated heterocycles. The van der Waals surface area contributed by atoms with E-state index in [-0.39, 0.29) is 27.5 Å². The molecule has 3 N–H and O–H groups in total. The van der Waals surface area contributed by atoms with Gasteiger partial charge in [-0.3, -0.25) is 4.72 Å². The van der Waals surface area contributed by atoms with E-state index in [1.165, 1.54) is 18.2 Å². The summed E-state index contributed by atoms with van der Waals surface area (Å²) >= 11 is 0. The molecule has 0 spiro atoms. The fourth-order valence-electron chi connectivity index (χ4n) is 4.92. The molecule has 196 valence electrons. The summed E-state index contributed by atoms with van der Waals surface area (Å²) in [7, 11) is -4.07. The molecule has 2 aromatic carbocycles. The highest BCUT2D eigenvalue weighted by atomic mass is 32.2. The van der Waals surface area contributed by atoms with Gasteiger partial charge in [0.15, 0.2) is 0 Å². The molecule has 37 heavy (non-hydrogen) atoms. The number of aromatic carboxylic acids is 1. The number of hydrogen-bond donors (Lipinski definition) is 3. The highest BCUT2D eigenvalue weighted by molar-refractivity contribution is 7.92. The average Bonchev–Trinajstić information content (AvgIpc) is 2.84. The predicted octanol–water partition coefficient (Wildman–Crippen LogP) is 5.44. The van der Waals surface area contributed by atoms with Crippen molar-refractivity contribution >= 4 is 21.7 Å². The van der Waals surface area contributed by atoms with Crippen LogP contribution in [0, 0.1) is 0 Å². The Hall–Kier alpha value is -3.59. The topological polar surface area (TPSA) is 134 Å². The maximum Gasteiger partial charge on any atom is 0.343 e. The van der Waals surface area contributed by atoms with E-state index in [1.807, 2.05) is 6.92 Å². The minimum absolute atomic E-state index is 0.0110. The third-order valence-electron chi connectivity index (χ3n) is 6.75. The first-order chi connectivity index (χ1) is 17.7. The minimum Gasteiger partial charge on any atom is -0.507 e. The zero-order valence-corrected chi connectivity index (χ0v) is 21.5. The summed E-state index contributed by atoms with van der Waals surface area (Å²) in [5.41, 5.74) is 1.12. The molecule has 3 aromatic rings. The highest BCUT2D eigenvalue weighted by Crippen LogP contribution is 2.38. The van der Waals surface area contributed by atoms with Gasteiger partial charge in [0.05, 0.1) is 16.0 Å². The van der Waals surface area contributed by atoms with Crippen LogP contribution in [0.4, 0.5) is 5.69 Å².